The van der Waals surface area contributed by atoms with E-state index in [2.05, 4.69) is 20.4 Å². The number of carbonyl (C=O) groups excluding carboxylic acids is 1. The van der Waals surface area contributed by atoms with Crippen molar-refractivity contribution in [2.75, 3.05) is 5.73 Å². The minimum atomic E-state index is -0.294. The van der Waals surface area contributed by atoms with Crippen molar-refractivity contribution >= 4 is 11.7 Å². The molecule has 1 atom stereocenters. The number of nitrogen functional groups attached to an aromatic ring is 1. The van der Waals surface area contributed by atoms with E-state index in [4.69, 9.17) is 5.73 Å². The second kappa shape index (κ2) is 4.92. The highest BCUT2D eigenvalue weighted by Gasteiger charge is 2.26. The van der Waals surface area contributed by atoms with Gasteiger partial charge in [0.05, 0.1) is 12.2 Å². The van der Waals surface area contributed by atoms with Crippen LogP contribution in [0.3, 0.4) is 0 Å². The standard InChI is InChI=1S/C13H16N6O/c1-19-10-4-2-3-9(8(10)7-17-19)18-13(20)11-12(14)16-6-5-15-11/h5-7,9H,2-4H2,1H3,(H2,14,16)(H,18,20). The van der Waals surface area contributed by atoms with Crippen LogP contribution in [0.2, 0.25) is 0 Å². The van der Waals surface area contributed by atoms with Crippen LogP contribution in [-0.2, 0) is 13.5 Å². The van der Waals surface area contributed by atoms with Crippen LogP contribution in [0.4, 0.5) is 5.82 Å². The molecule has 0 bridgehead atoms. The topological polar surface area (TPSA) is 98.7 Å². The van der Waals surface area contributed by atoms with Crippen LogP contribution >= 0.6 is 0 Å². The second-order valence-corrected chi connectivity index (χ2v) is 4.88. The fourth-order valence-corrected chi connectivity index (χ4v) is 2.61. The number of aryl methyl sites for hydroxylation is 1. The highest BCUT2D eigenvalue weighted by molar-refractivity contribution is 5.96. The van der Waals surface area contributed by atoms with E-state index in [-0.39, 0.29) is 23.5 Å². The van der Waals surface area contributed by atoms with Crippen molar-refractivity contribution in [3.63, 3.8) is 0 Å². The van der Waals surface area contributed by atoms with E-state index in [9.17, 15) is 4.79 Å². The van der Waals surface area contributed by atoms with Gasteiger partial charge in [-0.25, -0.2) is 9.97 Å². The summed E-state index contributed by atoms with van der Waals surface area (Å²) in [5.74, 6) is -0.149. The number of rotatable bonds is 2. The lowest BCUT2D eigenvalue weighted by molar-refractivity contribution is 0.0928. The normalized spacial score (nSPS) is 17.6. The first-order chi connectivity index (χ1) is 9.66. The average Bonchev–Trinajstić information content (AvgIpc) is 2.82. The number of hydrogen-bond donors (Lipinski definition) is 2. The maximum absolute atomic E-state index is 12.2. The van der Waals surface area contributed by atoms with Crippen LogP contribution in [0.15, 0.2) is 18.6 Å². The number of nitrogens with two attached hydrogens (primary N) is 1. The van der Waals surface area contributed by atoms with Crippen molar-refractivity contribution in [2.24, 2.45) is 7.05 Å². The zero-order valence-electron chi connectivity index (χ0n) is 11.2. The quantitative estimate of drug-likeness (QED) is 0.834. The molecule has 0 aliphatic heterocycles. The Morgan fingerprint density at radius 1 is 1.45 bits per heavy atom. The molecule has 1 aliphatic carbocycles. The lowest BCUT2D eigenvalue weighted by Gasteiger charge is -2.23. The van der Waals surface area contributed by atoms with Crippen LogP contribution in [0.1, 0.15) is 40.6 Å². The third-order valence-electron chi connectivity index (χ3n) is 3.62. The zero-order valence-corrected chi connectivity index (χ0v) is 11.2. The van der Waals surface area contributed by atoms with Crippen molar-refractivity contribution in [2.45, 2.75) is 25.3 Å². The summed E-state index contributed by atoms with van der Waals surface area (Å²) in [5, 5.41) is 7.23. The van der Waals surface area contributed by atoms with E-state index < -0.39 is 0 Å². The Morgan fingerprint density at radius 2 is 2.25 bits per heavy atom. The fraction of sp³-hybridized carbons (Fsp3) is 0.385. The van der Waals surface area contributed by atoms with Crippen LogP contribution < -0.4 is 11.1 Å². The van der Waals surface area contributed by atoms with Gasteiger partial charge in [-0.3, -0.25) is 9.48 Å². The molecule has 7 nitrogen and oxygen atoms in total. The largest absolute Gasteiger partial charge is 0.382 e. The molecule has 1 unspecified atom stereocenters. The monoisotopic (exact) mass is 272 g/mol. The molecule has 0 spiro atoms. The minimum absolute atomic E-state index is 0.0404. The summed E-state index contributed by atoms with van der Waals surface area (Å²) in [5.41, 5.74) is 8.10. The van der Waals surface area contributed by atoms with Gasteiger partial charge in [-0.15, -0.1) is 0 Å². The highest BCUT2D eigenvalue weighted by atomic mass is 16.2. The Labute approximate surface area is 116 Å². The van der Waals surface area contributed by atoms with Gasteiger partial charge in [-0.05, 0) is 19.3 Å². The van der Waals surface area contributed by atoms with Crippen molar-refractivity contribution in [1.82, 2.24) is 25.1 Å². The van der Waals surface area contributed by atoms with E-state index in [0.29, 0.717) is 0 Å². The van der Waals surface area contributed by atoms with Crippen molar-refractivity contribution in [3.05, 3.63) is 35.5 Å². The molecule has 0 fully saturated rings. The van der Waals surface area contributed by atoms with E-state index in [1.807, 2.05) is 17.9 Å². The Hall–Kier alpha value is -2.44. The van der Waals surface area contributed by atoms with Crippen LogP contribution in [0.25, 0.3) is 0 Å². The summed E-state index contributed by atoms with van der Waals surface area (Å²) in [6.07, 6.45) is 7.65. The predicted octanol–water partition coefficient (Wildman–Crippen LogP) is 0.600. The number of nitrogens with zero attached hydrogens (tertiary/aromatic N) is 4. The number of carbonyl (C=O) groups is 1. The first-order valence-electron chi connectivity index (χ1n) is 6.55. The SMILES string of the molecule is Cn1ncc2c1CCCC2NC(=O)c1nccnc1N. The van der Waals surface area contributed by atoms with Gasteiger partial charge in [0, 0.05) is 30.7 Å². The molecule has 1 aliphatic rings. The first-order valence-corrected chi connectivity index (χ1v) is 6.55. The molecule has 20 heavy (non-hydrogen) atoms. The third-order valence-corrected chi connectivity index (χ3v) is 3.62. The van der Waals surface area contributed by atoms with Crippen LogP contribution in [0, 0.1) is 0 Å². The number of amides is 1. The Bertz CT molecular complexity index is 650. The fourth-order valence-electron chi connectivity index (χ4n) is 2.61. The van der Waals surface area contributed by atoms with Gasteiger partial charge >= 0.3 is 0 Å². The van der Waals surface area contributed by atoms with E-state index in [1.165, 1.54) is 18.1 Å². The third kappa shape index (κ3) is 2.11. The Balaban J connectivity index is 1.83. The zero-order chi connectivity index (χ0) is 14.1. The Kier molecular flexibility index (Phi) is 3.09. The van der Waals surface area contributed by atoms with Crippen molar-refractivity contribution in [3.8, 4) is 0 Å². The number of nitrogens with one attached hydrogen (secondary N) is 1. The van der Waals surface area contributed by atoms with Crippen LogP contribution in [-0.4, -0.2) is 25.7 Å². The number of hydrogen-bond acceptors (Lipinski definition) is 5. The maximum atomic E-state index is 12.2. The lowest BCUT2D eigenvalue weighted by Crippen LogP contribution is -2.32. The Morgan fingerprint density at radius 3 is 3.05 bits per heavy atom. The summed E-state index contributed by atoms with van der Waals surface area (Å²) in [4.78, 5) is 20.1. The summed E-state index contributed by atoms with van der Waals surface area (Å²) in [6.45, 7) is 0. The summed E-state index contributed by atoms with van der Waals surface area (Å²) < 4.78 is 1.87. The summed E-state index contributed by atoms with van der Waals surface area (Å²) >= 11 is 0. The molecule has 1 amide bonds. The predicted molar refractivity (Wildman–Crippen MR) is 72.8 cm³/mol. The molecule has 2 aromatic rings. The van der Waals surface area contributed by atoms with Gasteiger partial charge in [0.25, 0.3) is 5.91 Å². The van der Waals surface area contributed by atoms with Crippen molar-refractivity contribution < 1.29 is 4.79 Å². The lowest BCUT2D eigenvalue weighted by atomic mass is 9.93. The molecule has 7 heteroatoms. The molecule has 0 radical (unpaired) electrons. The molecule has 104 valence electrons. The number of fused-ring (bicyclic) bond motifs is 1. The smallest absolute Gasteiger partial charge is 0.274 e. The van der Waals surface area contributed by atoms with Gasteiger partial charge in [-0.1, -0.05) is 0 Å². The molecular weight excluding hydrogens is 256 g/mol. The van der Waals surface area contributed by atoms with Gasteiger partial charge < -0.3 is 11.1 Å². The number of anilines is 1. The van der Waals surface area contributed by atoms with E-state index >= 15 is 0 Å². The maximum Gasteiger partial charge on any atom is 0.274 e. The minimum Gasteiger partial charge on any atom is -0.382 e. The van der Waals surface area contributed by atoms with E-state index in [0.717, 1.165) is 24.8 Å². The van der Waals surface area contributed by atoms with Gasteiger partial charge in [0.2, 0.25) is 0 Å². The molecule has 0 saturated carbocycles. The molecule has 0 aromatic carbocycles. The second-order valence-electron chi connectivity index (χ2n) is 4.88. The molecule has 2 aromatic heterocycles. The van der Waals surface area contributed by atoms with Gasteiger partial charge in [0.15, 0.2) is 11.5 Å². The van der Waals surface area contributed by atoms with E-state index in [1.54, 1.807) is 0 Å². The van der Waals surface area contributed by atoms with Crippen LogP contribution in [0.5, 0.6) is 0 Å². The average molecular weight is 272 g/mol. The molecule has 3 rings (SSSR count). The first kappa shape index (κ1) is 12.6. The molecular formula is C13H16N6O. The number of aromatic nitrogens is 4. The van der Waals surface area contributed by atoms with Gasteiger partial charge in [0.1, 0.15) is 0 Å². The molecule has 3 N–H and O–H groups in total. The molecule has 2 heterocycles. The highest BCUT2D eigenvalue weighted by Crippen LogP contribution is 2.29. The summed E-state index contributed by atoms with van der Waals surface area (Å²) in [6, 6.07) is -0.0404. The summed E-state index contributed by atoms with van der Waals surface area (Å²) in [7, 11) is 1.92. The van der Waals surface area contributed by atoms with Crippen molar-refractivity contribution in [1.29, 1.82) is 0 Å². The molecule has 0 saturated heterocycles. The van der Waals surface area contributed by atoms with Gasteiger partial charge in [-0.2, -0.15) is 5.10 Å².